The maximum Gasteiger partial charge on any atom is 0.573 e. The van der Waals surface area contributed by atoms with E-state index in [0.717, 1.165) is 12.1 Å². The predicted molar refractivity (Wildman–Crippen MR) is 106 cm³/mol. The van der Waals surface area contributed by atoms with Gasteiger partial charge in [-0.05, 0) is 30.2 Å². The number of nitrogens with two attached hydrogens (primary N) is 1. The first kappa shape index (κ1) is 22.6. The number of aliphatic hydroxyl groups excluding tert-OH is 1. The van der Waals surface area contributed by atoms with E-state index in [1.807, 2.05) is 0 Å². The fourth-order valence-corrected chi connectivity index (χ4v) is 2.78. The molecule has 6 N–H and O–H groups in total. The molecule has 0 aromatic heterocycles. The van der Waals surface area contributed by atoms with Gasteiger partial charge in [0.05, 0.1) is 0 Å². The van der Waals surface area contributed by atoms with Gasteiger partial charge >= 0.3 is 12.4 Å². The molecule has 0 unspecified atom stereocenters. The Bertz CT molecular complexity index is 850. The van der Waals surface area contributed by atoms with Gasteiger partial charge < -0.3 is 31.5 Å². The molecule has 11 heteroatoms. The Morgan fingerprint density at radius 1 is 1.17 bits per heavy atom. The molecule has 0 saturated carbocycles. The Kier molecular flexibility index (Phi) is 7.94. The fraction of sp³-hybridized carbons (Fsp3) is 0.278. The molecule has 0 aliphatic rings. The smallest absolute Gasteiger partial charge is 0.406 e. The number of rotatable bonds is 8. The number of nitrogens with one attached hydrogen (secondary N) is 3. The number of hydrogen-bond acceptors (Lipinski definition) is 5. The van der Waals surface area contributed by atoms with Crippen LogP contribution in [0.25, 0.3) is 0 Å². The normalized spacial score (nSPS) is 11.1. The van der Waals surface area contributed by atoms with Crippen LogP contribution in [-0.2, 0) is 6.42 Å². The molecule has 0 saturated heterocycles. The lowest BCUT2D eigenvalue weighted by Crippen LogP contribution is -2.21. The van der Waals surface area contributed by atoms with Crippen LogP contribution in [0.3, 0.4) is 0 Å². The van der Waals surface area contributed by atoms with Crippen LogP contribution in [0.2, 0.25) is 5.02 Å². The molecule has 0 fully saturated rings. The second-order valence-corrected chi connectivity index (χ2v) is 6.24. The lowest BCUT2D eigenvalue weighted by Gasteiger charge is -2.15. The van der Waals surface area contributed by atoms with Gasteiger partial charge in [-0.2, -0.15) is 0 Å². The number of ether oxygens (including phenoxy) is 1. The van der Waals surface area contributed by atoms with Gasteiger partial charge in [0.25, 0.3) is 0 Å². The van der Waals surface area contributed by atoms with Gasteiger partial charge in [0.1, 0.15) is 5.75 Å². The number of alkyl halides is 3. The zero-order valence-corrected chi connectivity index (χ0v) is 15.9. The number of carbonyl (C=O) groups is 1. The lowest BCUT2D eigenvalue weighted by molar-refractivity contribution is -0.274. The van der Waals surface area contributed by atoms with Crippen molar-refractivity contribution < 1.29 is 27.8 Å². The van der Waals surface area contributed by atoms with Crippen LogP contribution >= 0.6 is 11.6 Å². The number of anilines is 3. The van der Waals surface area contributed by atoms with Crippen LogP contribution in [0, 0.1) is 0 Å². The molecule has 0 heterocycles. The predicted octanol–water partition coefficient (Wildman–Crippen LogP) is 3.79. The first-order valence-electron chi connectivity index (χ1n) is 8.53. The van der Waals surface area contributed by atoms with E-state index in [4.69, 9.17) is 22.4 Å². The van der Waals surface area contributed by atoms with Crippen molar-refractivity contribution in [2.24, 2.45) is 5.73 Å². The molecule has 2 aromatic rings. The van der Waals surface area contributed by atoms with Crippen LogP contribution < -0.4 is 26.4 Å². The van der Waals surface area contributed by atoms with Crippen molar-refractivity contribution in [3.05, 3.63) is 47.0 Å². The summed E-state index contributed by atoms with van der Waals surface area (Å²) in [5, 5.41) is 17.4. The summed E-state index contributed by atoms with van der Waals surface area (Å²) in [4.78, 5) is 12.3. The second-order valence-electron chi connectivity index (χ2n) is 5.83. The zero-order valence-electron chi connectivity index (χ0n) is 15.1. The van der Waals surface area contributed by atoms with E-state index >= 15 is 0 Å². The van der Waals surface area contributed by atoms with Crippen LogP contribution in [0.15, 0.2) is 36.4 Å². The van der Waals surface area contributed by atoms with Crippen molar-refractivity contribution in [1.82, 2.24) is 0 Å². The van der Waals surface area contributed by atoms with Gasteiger partial charge in [0.15, 0.2) is 0 Å². The first-order valence-corrected chi connectivity index (χ1v) is 8.90. The summed E-state index contributed by atoms with van der Waals surface area (Å²) in [6.45, 7) is 0.400. The van der Waals surface area contributed by atoms with Crippen molar-refractivity contribution in [1.29, 1.82) is 0 Å². The Morgan fingerprint density at radius 3 is 2.55 bits per heavy atom. The van der Waals surface area contributed by atoms with Gasteiger partial charge in [-0.3, -0.25) is 0 Å². The van der Waals surface area contributed by atoms with Crippen LogP contribution in [0.5, 0.6) is 5.75 Å². The number of aliphatic hydroxyl groups is 1. The minimum atomic E-state index is -4.88. The average molecular weight is 433 g/mol. The van der Waals surface area contributed by atoms with Gasteiger partial charge in [0, 0.05) is 53.9 Å². The highest BCUT2D eigenvalue weighted by molar-refractivity contribution is 6.31. The summed E-state index contributed by atoms with van der Waals surface area (Å²) < 4.78 is 41.6. The highest BCUT2D eigenvalue weighted by Crippen LogP contribution is 2.30. The monoisotopic (exact) mass is 432 g/mol. The highest BCUT2D eigenvalue weighted by Gasteiger charge is 2.31. The van der Waals surface area contributed by atoms with Gasteiger partial charge in [0.2, 0.25) is 0 Å². The topological polar surface area (TPSA) is 109 Å². The van der Waals surface area contributed by atoms with Crippen LogP contribution in [0.1, 0.15) is 5.56 Å². The molecule has 0 spiro atoms. The number of hydrogen-bond donors (Lipinski definition) is 5. The quantitative estimate of drug-likeness (QED) is 0.436. The molecule has 0 radical (unpaired) electrons. The average Bonchev–Trinajstić information content (AvgIpc) is 2.61. The largest absolute Gasteiger partial charge is 0.573 e. The molecule has 29 heavy (non-hydrogen) atoms. The first-order chi connectivity index (χ1) is 13.7. The zero-order chi connectivity index (χ0) is 21.4. The number of halogens is 4. The molecule has 0 bridgehead atoms. The minimum Gasteiger partial charge on any atom is -0.406 e. The van der Waals surface area contributed by atoms with Crippen molar-refractivity contribution in [3.8, 4) is 5.75 Å². The fourth-order valence-electron chi connectivity index (χ4n) is 2.51. The molecule has 0 aliphatic carbocycles. The molecule has 0 atom stereocenters. The Hall–Kier alpha value is -2.69. The van der Waals surface area contributed by atoms with E-state index in [9.17, 15) is 18.0 Å². The summed E-state index contributed by atoms with van der Waals surface area (Å²) in [6.07, 6.45) is -4.66. The maximum atomic E-state index is 12.6. The summed E-state index contributed by atoms with van der Waals surface area (Å²) in [6, 6.07) is 7.73. The van der Waals surface area contributed by atoms with E-state index < -0.39 is 18.1 Å². The molecular weight excluding hydrogens is 413 g/mol. The molecule has 7 nitrogen and oxygen atoms in total. The Labute approximate surface area is 170 Å². The minimum absolute atomic E-state index is 0.0644. The number of benzene rings is 2. The Morgan fingerprint density at radius 2 is 1.90 bits per heavy atom. The summed E-state index contributed by atoms with van der Waals surface area (Å²) in [7, 11) is 0. The standard InChI is InChI=1S/C18H20ClF3N4O3/c19-15-2-1-3-16(14(15)4-7-27)26-17(28)25-12-8-11(24-6-5-23)9-13(10-12)29-18(20,21)22/h1-3,8-10,24,27H,4-7,23H2,(H2,25,26,28). The van der Waals surface area contributed by atoms with E-state index in [1.54, 1.807) is 18.2 Å². The van der Waals surface area contributed by atoms with E-state index in [2.05, 4.69) is 20.7 Å². The lowest BCUT2D eigenvalue weighted by atomic mass is 10.1. The van der Waals surface area contributed by atoms with Gasteiger partial charge in [-0.25, -0.2) is 4.79 Å². The van der Waals surface area contributed by atoms with E-state index in [1.165, 1.54) is 6.07 Å². The third-order valence-electron chi connectivity index (χ3n) is 3.60. The maximum absolute atomic E-state index is 12.6. The Balaban J connectivity index is 2.20. The third-order valence-corrected chi connectivity index (χ3v) is 3.95. The number of urea groups is 1. The molecular formula is C18H20ClF3N4O3. The van der Waals surface area contributed by atoms with Gasteiger partial charge in [-0.1, -0.05) is 17.7 Å². The van der Waals surface area contributed by atoms with Crippen LogP contribution in [-0.4, -0.2) is 37.2 Å². The summed E-state index contributed by atoms with van der Waals surface area (Å²) in [5.74, 6) is -0.501. The van der Waals surface area contributed by atoms with Crippen molar-refractivity contribution in [3.63, 3.8) is 0 Å². The third kappa shape index (κ3) is 7.33. The van der Waals surface area contributed by atoms with Crippen LogP contribution in [0.4, 0.5) is 35.0 Å². The SMILES string of the molecule is NCCNc1cc(NC(=O)Nc2cccc(Cl)c2CCO)cc(OC(F)(F)F)c1. The molecule has 158 valence electrons. The molecule has 0 aliphatic heterocycles. The molecule has 2 amide bonds. The number of amides is 2. The second kappa shape index (κ2) is 10.2. The van der Waals surface area contributed by atoms with Crippen molar-refractivity contribution >= 4 is 34.7 Å². The van der Waals surface area contributed by atoms with Crippen molar-refractivity contribution in [2.45, 2.75) is 12.8 Å². The molecule has 2 aromatic carbocycles. The highest BCUT2D eigenvalue weighted by atomic mass is 35.5. The number of carbonyl (C=O) groups excluding carboxylic acids is 1. The molecule has 2 rings (SSSR count). The van der Waals surface area contributed by atoms with E-state index in [0.29, 0.717) is 22.8 Å². The van der Waals surface area contributed by atoms with Crippen molar-refractivity contribution in [2.75, 3.05) is 35.6 Å². The summed E-state index contributed by atoms with van der Waals surface area (Å²) >= 11 is 6.08. The summed E-state index contributed by atoms with van der Waals surface area (Å²) in [5.41, 5.74) is 6.64. The van der Waals surface area contributed by atoms with Gasteiger partial charge in [-0.15, -0.1) is 13.2 Å². The van der Waals surface area contributed by atoms with E-state index in [-0.39, 0.29) is 30.9 Å².